The molecule has 1 fully saturated rings. The number of hydrogen-bond donors (Lipinski definition) is 0. The Balaban J connectivity index is 1.39. The second-order valence-corrected chi connectivity index (χ2v) is 8.36. The maximum atomic E-state index is 13.3. The van der Waals surface area contributed by atoms with Crippen LogP contribution in [0.4, 0.5) is 10.1 Å². The molecule has 3 aromatic carbocycles. The molecule has 0 saturated carbocycles. The molecule has 0 spiro atoms. The summed E-state index contributed by atoms with van der Waals surface area (Å²) < 4.78 is 20.5. The zero-order chi connectivity index (χ0) is 23.3. The normalized spacial score (nSPS) is 15.3. The lowest BCUT2D eigenvalue weighted by Gasteiger charge is -2.39. The van der Waals surface area contributed by atoms with Gasteiger partial charge in [-0.05, 0) is 58.0 Å². The van der Waals surface area contributed by atoms with Crippen LogP contribution in [0.2, 0.25) is 0 Å². The van der Waals surface area contributed by atoms with Gasteiger partial charge in [0.15, 0.2) is 5.82 Å². The van der Waals surface area contributed by atoms with E-state index in [0.717, 1.165) is 54.6 Å². The molecule has 0 N–H and O–H groups in total. The highest BCUT2D eigenvalue weighted by Gasteiger charge is 2.30. The van der Waals surface area contributed by atoms with E-state index in [2.05, 4.69) is 49.6 Å². The number of hydrogen-bond acceptors (Lipinski definition) is 6. The summed E-state index contributed by atoms with van der Waals surface area (Å²) in [5.74, 6) is 1.43. The van der Waals surface area contributed by atoms with Gasteiger partial charge in [0.1, 0.15) is 11.6 Å². The van der Waals surface area contributed by atoms with Crippen molar-refractivity contribution in [2.75, 3.05) is 38.2 Å². The molecule has 1 aromatic heterocycles. The van der Waals surface area contributed by atoms with Crippen molar-refractivity contribution < 1.29 is 9.13 Å². The van der Waals surface area contributed by atoms with Crippen molar-refractivity contribution in [3.05, 3.63) is 102 Å². The molecule has 174 valence electrons. The zero-order valence-electron chi connectivity index (χ0n) is 19.1. The van der Waals surface area contributed by atoms with Gasteiger partial charge in [-0.1, -0.05) is 42.5 Å². The summed E-state index contributed by atoms with van der Waals surface area (Å²) in [6.07, 6.45) is 0. The van der Waals surface area contributed by atoms with Crippen LogP contribution in [0.5, 0.6) is 5.75 Å². The fourth-order valence-electron chi connectivity index (χ4n) is 4.47. The summed E-state index contributed by atoms with van der Waals surface area (Å²) in [4.78, 5) is 4.71. The lowest BCUT2D eigenvalue weighted by atomic mass is 10.0. The number of methoxy groups -OCH3 is 1. The van der Waals surface area contributed by atoms with Crippen LogP contribution in [0.3, 0.4) is 0 Å². The number of rotatable bonds is 7. The quantitative estimate of drug-likeness (QED) is 0.420. The minimum Gasteiger partial charge on any atom is -0.497 e. The monoisotopic (exact) mass is 458 g/mol. The molecule has 8 heteroatoms. The predicted octanol–water partition coefficient (Wildman–Crippen LogP) is 3.78. The van der Waals surface area contributed by atoms with Crippen LogP contribution in [-0.2, 0) is 6.54 Å². The molecule has 0 bridgehead atoms. The van der Waals surface area contributed by atoms with Gasteiger partial charge in [-0.3, -0.25) is 4.90 Å². The summed E-state index contributed by atoms with van der Waals surface area (Å²) in [6, 6.07) is 25.0. The van der Waals surface area contributed by atoms with Gasteiger partial charge in [-0.2, -0.15) is 0 Å². The van der Waals surface area contributed by atoms with E-state index in [9.17, 15) is 4.39 Å². The van der Waals surface area contributed by atoms with E-state index in [4.69, 9.17) is 4.74 Å². The molecule has 1 saturated heterocycles. The average Bonchev–Trinajstić information content (AvgIpc) is 3.34. The summed E-state index contributed by atoms with van der Waals surface area (Å²) in [5.41, 5.74) is 3.30. The van der Waals surface area contributed by atoms with Crippen molar-refractivity contribution in [3.63, 3.8) is 0 Å². The van der Waals surface area contributed by atoms with Gasteiger partial charge in [-0.15, -0.1) is 5.10 Å². The van der Waals surface area contributed by atoms with E-state index in [0.29, 0.717) is 6.54 Å². The summed E-state index contributed by atoms with van der Waals surface area (Å²) in [6.45, 7) is 3.94. The smallest absolute Gasteiger partial charge is 0.173 e. The first-order valence-electron chi connectivity index (χ1n) is 11.4. The number of anilines is 1. The maximum absolute atomic E-state index is 13.3. The van der Waals surface area contributed by atoms with Gasteiger partial charge in [0.25, 0.3) is 0 Å². The van der Waals surface area contributed by atoms with Crippen LogP contribution in [-0.4, -0.2) is 58.4 Å². The fraction of sp³-hybridized carbons (Fsp3) is 0.269. The van der Waals surface area contributed by atoms with Gasteiger partial charge in [-0.25, -0.2) is 9.07 Å². The van der Waals surface area contributed by atoms with Gasteiger partial charge in [0.2, 0.25) is 0 Å². The number of ether oxygens (including phenoxy) is 1. The van der Waals surface area contributed by atoms with E-state index in [-0.39, 0.29) is 11.9 Å². The van der Waals surface area contributed by atoms with Crippen molar-refractivity contribution in [1.29, 1.82) is 0 Å². The first kappa shape index (κ1) is 22.0. The van der Waals surface area contributed by atoms with Crippen LogP contribution in [0.1, 0.15) is 23.0 Å². The van der Waals surface area contributed by atoms with Gasteiger partial charge < -0.3 is 9.64 Å². The minimum absolute atomic E-state index is 0.0650. The van der Waals surface area contributed by atoms with Crippen molar-refractivity contribution >= 4 is 5.69 Å². The Morgan fingerprint density at radius 3 is 2.26 bits per heavy atom. The lowest BCUT2D eigenvalue weighted by molar-refractivity contribution is 0.201. The van der Waals surface area contributed by atoms with Crippen LogP contribution in [0.15, 0.2) is 78.9 Å². The lowest BCUT2D eigenvalue weighted by Crippen LogP contribution is -2.48. The summed E-state index contributed by atoms with van der Waals surface area (Å²) in [5, 5.41) is 12.8. The van der Waals surface area contributed by atoms with Crippen molar-refractivity contribution in [3.8, 4) is 5.75 Å². The molecular formula is C26H27FN6O. The number of benzene rings is 3. The van der Waals surface area contributed by atoms with Crippen molar-refractivity contribution in [1.82, 2.24) is 25.1 Å². The molecule has 5 rings (SSSR count). The van der Waals surface area contributed by atoms with E-state index in [1.807, 2.05) is 47.1 Å². The zero-order valence-corrected chi connectivity index (χ0v) is 19.1. The molecule has 4 aromatic rings. The topological polar surface area (TPSA) is 59.3 Å². The number of piperazine rings is 1. The Morgan fingerprint density at radius 2 is 1.59 bits per heavy atom. The number of nitrogens with zero attached hydrogens (tertiary/aromatic N) is 6. The molecule has 34 heavy (non-hydrogen) atoms. The second kappa shape index (κ2) is 10.0. The standard InChI is InChI=1S/C26H27FN6O/c1-34-24-13-7-20(8-14-24)19-33-26(28-29-30-33)25(21-5-3-2-4-6-21)32-17-15-31(16-18-32)23-11-9-22(27)10-12-23/h2-14,25H,15-19H2,1H3/t25-/m0/s1. The molecule has 2 heterocycles. The molecule has 7 nitrogen and oxygen atoms in total. The van der Waals surface area contributed by atoms with Crippen LogP contribution in [0.25, 0.3) is 0 Å². The van der Waals surface area contributed by atoms with Crippen molar-refractivity contribution in [2.45, 2.75) is 12.6 Å². The van der Waals surface area contributed by atoms with Crippen LogP contribution in [0, 0.1) is 5.82 Å². The van der Waals surface area contributed by atoms with E-state index in [1.54, 1.807) is 7.11 Å². The second-order valence-electron chi connectivity index (χ2n) is 8.36. The molecule has 0 amide bonds. The SMILES string of the molecule is COc1ccc(Cn2nnnc2[C@H](c2ccccc2)N2CCN(c3ccc(F)cc3)CC2)cc1. The third-order valence-corrected chi connectivity index (χ3v) is 6.28. The maximum Gasteiger partial charge on any atom is 0.173 e. The number of tetrazole rings is 1. The molecule has 1 atom stereocenters. The van der Waals surface area contributed by atoms with E-state index >= 15 is 0 Å². The average molecular weight is 459 g/mol. The summed E-state index contributed by atoms with van der Waals surface area (Å²) in [7, 11) is 1.66. The first-order valence-corrected chi connectivity index (χ1v) is 11.4. The highest BCUT2D eigenvalue weighted by Crippen LogP contribution is 2.29. The van der Waals surface area contributed by atoms with Gasteiger partial charge in [0, 0.05) is 31.9 Å². The predicted molar refractivity (Wildman–Crippen MR) is 128 cm³/mol. The highest BCUT2D eigenvalue weighted by molar-refractivity contribution is 5.46. The third kappa shape index (κ3) is 4.77. The highest BCUT2D eigenvalue weighted by atomic mass is 19.1. The Hall–Kier alpha value is -3.78. The fourth-order valence-corrected chi connectivity index (χ4v) is 4.47. The Labute approximate surface area is 198 Å². The molecule has 0 aliphatic carbocycles. The van der Waals surface area contributed by atoms with E-state index in [1.165, 1.54) is 12.1 Å². The number of aromatic nitrogens is 4. The molecule has 1 aliphatic rings. The van der Waals surface area contributed by atoms with Gasteiger partial charge >= 0.3 is 0 Å². The summed E-state index contributed by atoms with van der Waals surface area (Å²) >= 11 is 0. The van der Waals surface area contributed by atoms with E-state index < -0.39 is 0 Å². The third-order valence-electron chi connectivity index (χ3n) is 6.28. The van der Waals surface area contributed by atoms with Crippen LogP contribution < -0.4 is 9.64 Å². The Morgan fingerprint density at radius 1 is 0.882 bits per heavy atom. The Bertz CT molecular complexity index is 1190. The number of halogens is 1. The first-order chi connectivity index (χ1) is 16.7. The van der Waals surface area contributed by atoms with Crippen LogP contribution >= 0.6 is 0 Å². The largest absolute Gasteiger partial charge is 0.497 e. The molecule has 0 radical (unpaired) electrons. The Kier molecular flexibility index (Phi) is 6.49. The van der Waals surface area contributed by atoms with Gasteiger partial charge in [0.05, 0.1) is 19.7 Å². The molecule has 0 unspecified atom stereocenters. The molecule has 1 aliphatic heterocycles. The molecular weight excluding hydrogens is 431 g/mol. The van der Waals surface area contributed by atoms with Crippen molar-refractivity contribution in [2.24, 2.45) is 0 Å². The minimum atomic E-state index is -0.213.